The molecule has 7 heteroatoms. The van der Waals surface area contributed by atoms with Crippen LogP contribution in [0.5, 0.6) is 0 Å². The van der Waals surface area contributed by atoms with Crippen molar-refractivity contribution in [2.24, 2.45) is 11.5 Å². The summed E-state index contributed by atoms with van der Waals surface area (Å²) in [7, 11) is 0. The van der Waals surface area contributed by atoms with E-state index in [4.69, 9.17) is 16.6 Å². The van der Waals surface area contributed by atoms with Gasteiger partial charge in [0.15, 0.2) is 0 Å². The first-order valence-corrected chi connectivity index (χ1v) is 6.32. The lowest BCUT2D eigenvalue weighted by atomic mass is 10.1. The summed E-state index contributed by atoms with van der Waals surface area (Å²) < 4.78 is 0. The Morgan fingerprint density at radius 2 is 2.10 bits per heavy atom. The molecule has 0 saturated carbocycles. The third-order valence-corrected chi connectivity index (χ3v) is 2.92. The first kappa shape index (κ1) is 14.6. The van der Waals surface area contributed by atoms with Crippen molar-refractivity contribution in [1.29, 1.82) is 0 Å². The molecule has 1 heterocycles. The number of aromatic amines is 1. The highest BCUT2D eigenvalue weighted by Crippen LogP contribution is 2.27. The van der Waals surface area contributed by atoms with Gasteiger partial charge < -0.3 is 21.6 Å². The Hall–Kier alpha value is -2.80. The Balaban J connectivity index is 2.48. The molecule has 0 aliphatic heterocycles. The maximum absolute atomic E-state index is 11.5. The summed E-state index contributed by atoms with van der Waals surface area (Å²) in [4.78, 5) is 25.4. The van der Waals surface area contributed by atoms with E-state index in [0.29, 0.717) is 17.3 Å². The van der Waals surface area contributed by atoms with Crippen LogP contribution in [0.3, 0.4) is 0 Å². The largest absolute Gasteiger partial charge is 0.396 e. The molecular formula is C14H16N4O3. The van der Waals surface area contributed by atoms with E-state index in [9.17, 15) is 9.59 Å². The fourth-order valence-electron chi connectivity index (χ4n) is 2.09. The maximum atomic E-state index is 11.5. The van der Waals surface area contributed by atoms with E-state index in [1.165, 1.54) is 0 Å². The Morgan fingerprint density at radius 1 is 1.33 bits per heavy atom. The number of anilines is 1. The highest BCUT2D eigenvalue weighted by Gasteiger charge is 2.17. The van der Waals surface area contributed by atoms with Crippen molar-refractivity contribution < 1.29 is 14.7 Å². The van der Waals surface area contributed by atoms with E-state index >= 15 is 0 Å². The zero-order chi connectivity index (χ0) is 15.4. The van der Waals surface area contributed by atoms with Crippen molar-refractivity contribution in [2.45, 2.75) is 6.42 Å². The molecular weight excluding hydrogens is 272 g/mol. The maximum Gasteiger partial charge on any atom is 0.317 e. The lowest BCUT2D eigenvalue weighted by Crippen LogP contribution is -2.22. The number of hydrogen-bond donors (Lipinski definition) is 5. The first-order chi connectivity index (χ1) is 10.0. The molecule has 2 aromatic rings. The quantitative estimate of drug-likeness (QED) is 0.565. The summed E-state index contributed by atoms with van der Waals surface area (Å²) in [5.74, 6) is -0.477. The second kappa shape index (κ2) is 6.10. The number of carbonyl (C=O) groups is 2. The predicted octanol–water partition coefficient (Wildman–Crippen LogP) is 1.15. The lowest BCUT2D eigenvalue weighted by Gasteiger charge is -2.00. The zero-order valence-electron chi connectivity index (χ0n) is 11.2. The summed E-state index contributed by atoms with van der Waals surface area (Å²) in [5, 5.41) is 11.7. The predicted molar refractivity (Wildman–Crippen MR) is 80.8 cm³/mol. The van der Waals surface area contributed by atoms with Crippen LogP contribution in [0.15, 0.2) is 24.3 Å². The third kappa shape index (κ3) is 3.21. The lowest BCUT2D eigenvalue weighted by molar-refractivity contribution is 0.100. The molecule has 7 N–H and O–H groups in total. The number of hydrogen-bond acceptors (Lipinski definition) is 3. The summed E-state index contributed by atoms with van der Waals surface area (Å²) in [6.07, 6.45) is 4.24. The van der Waals surface area contributed by atoms with E-state index < -0.39 is 11.9 Å². The summed E-state index contributed by atoms with van der Waals surface area (Å²) in [5.41, 5.74) is 12.1. The van der Waals surface area contributed by atoms with Gasteiger partial charge in [-0.15, -0.1) is 0 Å². The minimum atomic E-state index is -0.785. The van der Waals surface area contributed by atoms with E-state index in [0.717, 1.165) is 5.56 Å². The van der Waals surface area contributed by atoms with E-state index in [2.05, 4.69) is 10.3 Å². The number of urea groups is 1. The van der Waals surface area contributed by atoms with Gasteiger partial charge in [0.2, 0.25) is 0 Å². The van der Waals surface area contributed by atoms with Crippen molar-refractivity contribution >= 4 is 34.7 Å². The fourth-order valence-corrected chi connectivity index (χ4v) is 2.09. The normalized spacial score (nSPS) is 11.1. The van der Waals surface area contributed by atoms with Gasteiger partial charge in [-0.3, -0.25) is 10.1 Å². The van der Waals surface area contributed by atoms with Gasteiger partial charge in [0.1, 0.15) is 5.82 Å². The van der Waals surface area contributed by atoms with Crippen molar-refractivity contribution in [3.05, 3.63) is 35.4 Å². The van der Waals surface area contributed by atoms with Crippen LogP contribution in [0.2, 0.25) is 0 Å². The Labute approximate surface area is 120 Å². The molecule has 21 heavy (non-hydrogen) atoms. The minimum Gasteiger partial charge on any atom is -0.396 e. The van der Waals surface area contributed by atoms with Gasteiger partial charge in [-0.05, 0) is 18.1 Å². The number of nitrogens with two attached hydrogens (primary N) is 2. The molecule has 0 saturated heterocycles. The monoisotopic (exact) mass is 288 g/mol. The number of aromatic nitrogens is 1. The highest BCUT2D eigenvalue weighted by atomic mass is 16.2. The molecule has 1 aromatic heterocycles. The van der Waals surface area contributed by atoms with Crippen molar-refractivity contribution in [3.8, 4) is 0 Å². The molecule has 2 rings (SSSR count). The number of aliphatic hydroxyl groups excluding tert-OH is 1. The Morgan fingerprint density at radius 3 is 2.71 bits per heavy atom. The van der Waals surface area contributed by atoms with Gasteiger partial charge in [0, 0.05) is 17.5 Å². The van der Waals surface area contributed by atoms with Crippen LogP contribution >= 0.6 is 0 Å². The SMILES string of the molecule is NC(=O)Nc1[nH]c2cc(C=CCCO)ccc2c1C(N)=O. The highest BCUT2D eigenvalue weighted by molar-refractivity contribution is 6.13. The second-order valence-electron chi connectivity index (χ2n) is 4.45. The van der Waals surface area contributed by atoms with Gasteiger partial charge >= 0.3 is 6.03 Å². The third-order valence-electron chi connectivity index (χ3n) is 2.92. The molecule has 0 unspecified atom stereocenters. The van der Waals surface area contributed by atoms with Crippen LogP contribution < -0.4 is 16.8 Å². The number of primary amides is 2. The van der Waals surface area contributed by atoms with Gasteiger partial charge in [0.25, 0.3) is 5.91 Å². The van der Waals surface area contributed by atoms with Crippen molar-refractivity contribution in [3.63, 3.8) is 0 Å². The molecule has 0 aliphatic rings. The van der Waals surface area contributed by atoms with E-state index in [-0.39, 0.29) is 18.0 Å². The summed E-state index contributed by atoms with van der Waals surface area (Å²) in [6.45, 7) is 0.0831. The van der Waals surface area contributed by atoms with Gasteiger partial charge in [0.05, 0.1) is 5.56 Å². The molecule has 3 amide bonds. The number of amides is 3. The number of H-pyrrole nitrogens is 1. The Kier molecular flexibility index (Phi) is 4.24. The smallest absolute Gasteiger partial charge is 0.317 e. The second-order valence-corrected chi connectivity index (χ2v) is 4.45. The van der Waals surface area contributed by atoms with Gasteiger partial charge in [-0.25, -0.2) is 4.79 Å². The summed E-state index contributed by atoms with van der Waals surface area (Å²) >= 11 is 0. The summed E-state index contributed by atoms with van der Waals surface area (Å²) in [6, 6.07) is 4.57. The van der Waals surface area contributed by atoms with E-state index in [1.807, 2.05) is 24.3 Å². The number of rotatable bonds is 5. The average molecular weight is 288 g/mol. The number of aliphatic hydroxyl groups is 1. The molecule has 7 nitrogen and oxygen atoms in total. The topological polar surface area (TPSA) is 134 Å². The van der Waals surface area contributed by atoms with Crippen LogP contribution in [0, 0.1) is 0 Å². The van der Waals surface area contributed by atoms with Crippen molar-refractivity contribution in [2.75, 3.05) is 11.9 Å². The Bertz CT molecular complexity index is 718. The zero-order valence-corrected chi connectivity index (χ0v) is 11.2. The molecule has 110 valence electrons. The van der Waals surface area contributed by atoms with Gasteiger partial charge in [-0.1, -0.05) is 24.3 Å². The fraction of sp³-hybridized carbons (Fsp3) is 0.143. The van der Waals surface area contributed by atoms with Crippen LogP contribution in [-0.2, 0) is 0 Å². The molecule has 0 aliphatic carbocycles. The van der Waals surface area contributed by atoms with Crippen LogP contribution in [0.4, 0.5) is 10.6 Å². The molecule has 0 atom stereocenters. The van der Waals surface area contributed by atoms with Crippen molar-refractivity contribution in [1.82, 2.24) is 4.98 Å². The standard InChI is InChI=1S/C14H16N4O3/c15-12(20)11-9-5-4-8(3-1-2-6-19)7-10(9)17-13(11)18-14(16)21/h1,3-5,7,17,19H,2,6H2,(H2,15,20)(H3,16,18,21). The molecule has 0 fully saturated rings. The van der Waals surface area contributed by atoms with Crippen LogP contribution in [0.25, 0.3) is 17.0 Å². The average Bonchev–Trinajstić information content (AvgIpc) is 2.75. The molecule has 0 spiro atoms. The van der Waals surface area contributed by atoms with Gasteiger partial charge in [-0.2, -0.15) is 0 Å². The van der Waals surface area contributed by atoms with Crippen LogP contribution in [-0.4, -0.2) is 28.6 Å². The molecule has 1 aromatic carbocycles. The number of nitrogens with one attached hydrogen (secondary N) is 2. The number of fused-ring (bicyclic) bond motifs is 1. The van der Waals surface area contributed by atoms with Crippen LogP contribution in [0.1, 0.15) is 22.3 Å². The molecule has 0 radical (unpaired) electrons. The minimum absolute atomic E-state index is 0.0831. The first-order valence-electron chi connectivity index (χ1n) is 6.32. The van der Waals surface area contributed by atoms with E-state index in [1.54, 1.807) is 6.07 Å². The number of carbonyl (C=O) groups excluding carboxylic acids is 2. The number of benzene rings is 1. The molecule has 0 bridgehead atoms.